The minimum Gasteiger partial charge on any atom is -0.492 e. The molecule has 1 aromatic carbocycles. The van der Waals surface area contributed by atoms with Crippen LogP contribution in [0.2, 0.25) is 0 Å². The number of nitrogens with one attached hydrogen (secondary N) is 2. The first kappa shape index (κ1) is 30.9. The predicted octanol–water partition coefficient (Wildman–Crippen LogP) is 5.47. The molecule has 5 rings (SSSR count). The van der Waals surface area contributed by atoms with Crippen molar-refractivity contribution in [1.29, 1.82) is 0 Å². The van der Waals surface area contributed by atoms with Crippen molar-refractivity contribution in [3.8, 4) is 11.5 Å². The lowest BCUT2D eigenvalue weighted by molar-refractivity contribution is -0.126. The lowest BCUT2D eigenvalue weighted by Crippen LogP contribution is -2.47. The van der Waals surface area contributed by atoms with Gasteiger partial charge in [0.15, 0.2) is 16.5 Å². The van der Waals surface area contributed by atoms with Gasteiger partial charge >= 0.3 is 6.09 Å². The quantitative estimate of drug-likeness (QED) is 0.229. The average molecular weight is 639 g/mol. The fourth-order valence-electron chi connectivity index (χ4n) is 4.53. The lowest BCUT2D eigenvalue weighted by Gasteiger charge is -2.31. The number of thiazole rings is 1. The summed E-state index contributed by atoms with van der Waals surface area (Å²) in [7, 11) is 1.33. The molecule has 0 fully saturated rings. The van der Waals surface area contributed by atoms with Crippen LogP contribution < -0.4 is 20.1 Å². The first-order valence-electron chi connectivity index (χ1n) is 13.7. The van der Waals surface area contributed by atoms with Crippen molar-refractivity contribution in [3.63, 3.8) is 0 Å². The van der Waals surface area contributed by atoms with Crippen molar-refractivity contribution in [2.45, 2.75) is 45.9 Å². The van der Waals surface area contributed by atoms with Gasteiger partial charge in [0.05, 0.1) is 30.3 Å². The summed E-state index contributed by atoms with van der Waals surface area (Å²) >= 11 is 7.18. The number of carbonyl (C=O) groups is 2. The average Bonchev–Trinajstić information content (AvgIpc) is 3.59. The number of hydrogen-bond acceptors (Lipinski definition) is 10. The highest BCUT2D eigenvalue weighted by atomic mass is 32.1. The van der Waals surface area contributed by atoms with Crippen LogP contribution in [-0.2, 0) is 22.7 Å². The number of methoxy groups -OCH3 is 1. The highest BCUT2D eigenvalue weighted by molar-refractivity contribution is 7.81. The van der Waals surface area contributed by atoms with E-state index in [0.717, 1.165) is 21.1 Å². The number of fused-ring (bicyclic) bond motifs is 1. The van der Waals surface area contributed by atoms with E-state index in [0.29, 0.717) is 18.1 Å². The molecule has 0 radical (unpaired) electrons. The SMILES string of the molecule is COc1c(F)cccc1NC(=S)C1=C(NCc2ccncc2OCc2csc3nccn23)CCN(C(=O)OC(C)(C)C)C1=O. The van der Waals surface area contributed by atoms with E-state index in [1.807, 2.05) is 22.0 Å². The Bertz CT molecular complexity index is 1740. The first-order chi connectivity index (χ1) is 21.1. The highest BCUT2D eigenvalue weighted by Crippen LogP contribution is 2.30. The zero-order chi connectivity index (χ0) is 31.4. The summed E-state index contributed by atoms with van der Waals surface area (Å²) in [6.45, 7) is 5.80. The summed E-state index contributed by atoms with van der Waals surface area (Å²) < 4.78 is 33.1. The molecule has 0 atom stereocenters. The van der Waals surface area contributed by atoms with Crippen molar-refractivity contribution >= 4 is 51.2 Å². The van der Waals surface area contributed by atoms with Crippen LogP contribution in [0.15, 0.2) is 65.7 Å². The van der Waals surface area contributed by atoms with Gasteiger partial charge in [0.25, 0.3) is 5.91 Å². The third-order valence-electron chi connectivity index (χ3n) is 6.56. The van der Waals surface area contributed by atoms with Crippen LogP contribution >= 0.6 is 23.6 Å². The second-order valence-corrected chi connectivity index (χ2v) is 12.0. The van der Waals surface area contributed by atoms with Gasteiger partial charge < -0.3 is 24.8 Å². The van der Waals surface area contributed by atoms with Crippen molar-refractivity contribution in [2.24, 2.45) is 0 Å². The third kappa shape index (κ3) is 6.81. The number of amides is 2. The van der Waals surface area contributed by atoms with Gasteiger partial charge in [0.2, 0.25) is 0 Å². The van der Waals surface area contributed by atoms with Crippen LogP contribution in [0.5, 0.6) is 11.5 Å². The van der Waals surface area contributed by atoms with Crippen LogP contribution in [0, 0.1) is 5.82 Å². The third-order valence-corrected chi connectivity index (χ3v) is 7.77. The van der Waals surface area contributed by atoms with Crippen molar-refractivity contribution < 1.29 is 28.2 Å². The number of para-hydroxylation sites is 1. The number of ether oxygens (including phenoxy) is 3. The lowest BCUT2D eigenvalue weighted by atomic mass is 10.0. The molecule has 4 heterocycles. The molecule has 2 amide bonds. The second-order valence-electron chi connectivity index (χ2n) is 10.7. The number of nitrogens with zero attached hydrogens (tertiary/aromatic N) is 4. The van der Waals surface area contributed by atoms with Crippen molar-refractivity contribution in [3.05, 3.63) is 82.8 Å². The maximum absolute atomic E-state index is 14.4. The Hall–Kier alpha value is -4.56. The minimum atomic E-state index is -0.808. The van der Waals surface area contributed by atoms with E-state index >= 15 is 0 Å². The first-order valence-corrected chi connectivity index (χ1v) is 15.0. The largest absolute Gasteiger partial charge is 0.492 e. The summed E-state index contributed by atoms with van der Waals surface area (Å²) in [4.78, 5) is 37.1. The van der Waals surface area contributed by atoms with E-state index in [1.54, 1.807) is 45.4 Å². The number of anilines is 1. The molecule has 230 valence electrons. The highest BCUT2D eigenvalue weighted by Gasteiger charge is 2.36. The standard InChI is InChI=1S/C30H31FN6O5S2/c1-30(2,3)42-29(39)37-12-9-21(24(27(37)38)26(43)35-22-7-5-6-20(31)25(22)40-4)34-14-18-8-10-32-15-23(18)41-16-19-17-44-28-33-11-13-36(19)28/h5-8,10-11,13,15,17,34H,9,12,14,16H2,1-4H3,(H,35,43). The Morgan fingerprint density at radius 1 is 1.23 bits per heavy atom. The normalized spacial score (nSPS) is 13.7. The molecule has 1 aliphatic heterocycles. The van der Waals surface area contributed by atoms with Crippen molar-refractivity contribution in [1.82, 2.24) is 24.6 Å². The molecule has 4 aromatic rings. The maximum atomic E-state index is 14.4. The molecular weight excluding hydrogens is 607 g/mol. The molecule has 0 bridgehead atoms. The fraction of sp³-hybridized carbons (Fsp3) is 0.300. The van der Waals surface area contributed by atoms with Gasteiger partial charge in [-0.1, -0.05) is 18.3 Å². The molecule has 2 N–H and O–H groups in total. The number of carbonyl (C=O) groups excluding carboxylic acids is 2. The smallest absolute Gasteiger partial charge is 0.417 e. The van der Waals surface area contributed by atoms with E-state index in [9.17, 15) is 14.0 Å². The molecule has 0 unspecified atom stereocenters. The molecule has 0 spiro atoms. The van der Waals surface area contributed by atoms with E-state index in [2.05, 4.69) is 20.6 Å². The Balaban J connectivity index is 1.40. The maximum Gasteiger partial charge on any atom is 0.417 e. The topological polar surface area (TPSA) is 119 Å². The second kappa shape index (κ2) is 13.0. The number of thiocarbonyl (C=S) groups is 1. The van der Waals surface area contributed by atoms with E-state index < -0.39 is 23.4 Å². The summed E-state index contributed by atoms with van der Waals surface area (Å²) in [5, 5.41) is 8.23. The Labute approximate surface area is 262 Å². The number of imidazole rings is 1. The summed E-state index contributed by atoms with van der Waals surface area (Å²) in [5.41, 5.74) is 1.72. The minimum absolute atomic E-state index is 0.0114. The van der Waals surface area contributed by atoms with Gasteiger partial charge in [0.1, 0.15) is 22.9 Å². The van der Waals surface area contributed by atoms with Gasteiger partial charge in [-0.15, -0.1) is 11.3 Å². The Morgan fingerprint density at radius 3 is 2.82 bits per heavy atom. The van der Waals surface area contributed by atoms with Gasteiger partial charge in [-0.05, 0) is 39.0 Å². The number of aromatic nitrogens is 3. The Kier molecular flexibility index (Phi) is 9.11. The molecular formula is C30H31FN6O5S2. The monoisotopic (exact) mass is 638 g/mol. The van der Waals surface area contributed by atoms with E-state index in [-0.39, 0.29) is 41.5 Å². The van der Waals surface area contributed by atoms with E-state index in [4.69, 9.17) is 26.4 Å². The molecule has 0 saturated carbocycles. The van der Waals surface area contributed by atoms with E-state index in [1.165, 1.54) is 30.6 Å². The summed E-state index contributed by atoms with van der Waals surface area (Å²) in [6.07, 6.45) is 6.38. The van der Waals surface area contributed by atoms with Crippen LogP contribution in [0.3, 0.4) is 0 Å². The predicted molar refractivity (Wildman–Crippen MR) is 167 cm³/mol. The van der Waals surface area contributed by atoms with Crippen LogP contribution in [0.25, 0.3) is 4.96 Å². The zero-order valence-electron chi connectivity index (χ0n) is 24.5. The molecule has 3 aromatic heterocycles. The van der Waals surface area contributed by atoms with Gasteiger partial charge in [0, 0.05) is 54.7 Å². The molecule has 0 aliphatic carbocycles. The molecule has 11 nitrogen and oxygen atoms in total. The number of pyridine rings is 1. The number of rotatable bonds is 9. The van der Waals surface area contributed by atoms with Gasteiger partial charge in [-0.25, -0.2) is 19.1 Å². The van der Waals surface area contributed by atoms with Crippen molar-refractivity contribution in [2.75, 3.05) is 19.0 Å². The van der Waals surface area contributed by atoms with Gasteiger partial charge in [-0.3, -0.25) is 14.2 Å². The van der Waals surface area contributed by atoms with Crippen LogP contribution in [0.4, 0.5) is 14.9 Å². The molecule has 1 aliphatic rings. The van der Waals surface area contributed by atoms with Crippen LogP contribution in [0.1, 0.15) is 38.4 Å². The summed E-state index contributed by atoms with van der Waals surface area (Å²) in [6, 6.07) is 6.13. The zero-order valence-corrected chi connectivity index (χ0v) is 26.2. The number of hydrogen-bond donors (Lipinski definition) is 2. The Morgan fingerprint density at radius 2 is 2.05 bits per heavy atom. The summed E-state index contributed by atoms with van der Waals surface area (Å²) in [5.74, 6) is -0.744. The van der Waals surface area contributed by atoms with Gasteiger partial charge in [-0.2, -0.15) is 0 Å². The number of halogens is 1. The van der Waals surface area contributed by atoms with Crippen LogP contribution in [-0.4, -0.2) is 55.5 Å². The molecule has 14 heteroatoms. The number of imide groups is 1. The fourth-order valence-corrected chi connectivity index (χ4v) is 5.69. The molecule has 44 heavy (non-hydrogen) atoms. The molecule has 0 saturated heterocycles. The number of benzene rings is 1.